The van der Waals surface area contributed by atoms with Crippen molar-refractivity contribution in [1.29, 1.82) is 0 Å². The van der Waals surface area contributed by atoms with Crippen LogP contribution < -0.4 is 10.6 Å². The van der Waals surface area contributed by atoms with E-state index in [0.717, 1.165) is 17.8 Å². The lowest BCUT2D eigenvalue weighted by molar-refractivity contribution is -0.127. The van der Waals surface area contributed by atoms with Crippen LogP contribution in [0.25, 0.3) is 0 Å². The van der Waals surface area contributed by atoms with Crippen molar-refractivity contribution in [1.82, 2.24) is 5.32 Å². The number of amides is 1. The summed E-state index contributed by atoms with van der Waals surface area (Å²) in [6.45, 7) is 0. The third-order valence-corrected chi connectivity index (χ3v) is 6.24. The maximum Gasteiger partial charge on any atom is 0.226 e. The molecule has 0 aliphatic heterocycles. The second-order valence-electron chi connectivity index (χ2n) is 8.11. The molecule has 0 heterocycles. The molecule has 0 radical (unpaired) electrons. The molecule has 5 heteroatoms. The number of hydrogen-bond donors (Lipinski definition) is 2. The lowest BCUT2D eigenvalue weighted by Gasteiger charge is -2.56. The van der Waals surface area contributed by atoms with Crippen LogP contribution in [0.4, 0.5) is 10.1 Å². The fourth-order valence-electron chi connectivity index (χ4n) is 5.75. The van der Waals surface area contributed by atoms with Crippen LogP contribution in [0.2, 0.25) is 0 Å². The molecular formula is C19H23FN2OS. The van der Waals surface area contributed by atoms with Crippen molar-refractivity contribution in [3.8, 4) is 0 Å². The van der Waals surface area contributed by atoms with Crippen LogP contribution in [-0.2, 0) is 4.79 Å². The molecule has 4 fully saturated rings. The molecule has 5 rings (SSSR count). The van der Waals surface area contributed by atoms with E-state index in [2.05, 4.69) is 10.6 Å². The fourth-order valence-corrected chi connectivity index (χ4v) is 5.98. The maximum atomic E-state index is 13.2. The van der Waals surface area contributed by atoms with Crippen LogP contribution in [0.15, 0.2) is 24.3 Å². The minimum absolute atomic E-state index is 0.00847. The van der Waals surface area contributed by atoms with E-state index in [1.165, 1.54) is 50.7 Å². The van der Waals surface area contributed by atoms with Crippen LogP contribution >= 0.6 is 12.2 Å². The summed E-state index contributed by atoms with van der Waals surface area (Å²) in [6, 6.07) is 6.07. The number of benzene rings is 1. The summed E-state index contributed by atoms with van der Waals surface area (Å²) >= 11 is 5.20. The van der Waals surface area contributed by atoms with Gasteiger partial charge in [-0.15, -0.1) is 0 Å². The normalized spacial score (nSPS) is 33.3. The zero-order valence-corrected chi connectivity index (χ0v) is 14.5. The highest BCUT2D eigenvalue weighted by molar-refractivity contribution is 7.80. The molecule has 0 atom stereocenters. The summed E-state index contributed by atoms with van der Waals surface area (Å²) in [6.07, 6.45) is 8.31. The number of hydrogen-bond acceptors (Lipinski definition) is 2. The Bertz CT molecular complexity index is 640. The second-order valence-corrected chi connectivity index (χ2v) is 8.52. The Morgan fingerprint density at radius 1 is 1.17 bits per heavy atom. The maximum absolute atomic E-state index is 13.2. The Labute approximate surface area is 147 Å². The topological polar surface area (TPSA) is 41.1 Å². The molecule has 1 amide bonds. The van der Waals surface area contributed by atoms with Crippen molar-refractivity contribution in [2.24, 2.45) is 23.2 Å². The van der Waals surface area contributed by atoms with Gasteiger partial charge in [0.15, 0.2) is 5.11 Å². The monoisotopic (exact) mass is 346 g/mol. The van der Waals surface area contributed by atoms with Crippen LogP contribution in [0.1, 0.15) is 44.9 Å². The van der Waals surface area contributed by atoms with Crippen molar-refractivity contribution in [3.05, 3.63) is 30.1 Å². The quantitative estimate of drug-likeness (QED) is 0.804. The van der Waals surface area contributed by atoms with Gasteiger partial charge in [0.05, 0.1) is 0 Å². The Kier molecular flexibility index (Phi) is 4.07. The molecule has 1 aromatic rings. The van der Waals surface area contributed by atoms with Gasteiger partial charge in [0.25, 0.3) is 0 Å². The Balaban J connectivity index is 1.34. The van der Waals surface area contributed by atoms with Gasteiger partial charge in [0, 0.05) is 12.1 Å². The van der Waals surface area contributed by atoms with E-state index in [4.69, 9.17) is 12.2 Å². The second kappa shape index (κ2) is 6.10. The lowest BCUT2D eigenvalue weighted by Crippen LogP contribution is -2.48. The van der Waals surface area contributed by atoms with E-state index in [9.17, 15) is 9.18 Å². The third kappa shape index (κ3) is 3.32. The highest BCUT2D eigenvalue weighted by Crippen LogP contribution is 2.61. The number of carbonyl (C=O) groups excluding carboxylic acids is 1. The lowest BCUT2D eigenvalue weighted by atomic mass is 9.49. The van der Waals surface area contributed by atoms with Crippen LogP contribution in [0.3, 0.4) is 0 Å². The SMILES string of the molecule is O=C(CC12CC3CC(CC(C3)C1)C2)NC(=S)Nc1cccc(F)c1. The molecule has 0 aromatic heterocycles. The van der Waals surface area contributed by atoms with E-state index < -0.39 is 0 Å². The summed E-state index contributed by atoms with van der Waals surface area (Å²) in [5.41, 5.74) is 0.753. The van der Waals surface area contributed by atoms with Gasteiger partial charge in [-0.25, -0.2) is 4.39 Å². The molecule has 1 aromatic carbocycles. The van der Waals surface area contributed by atoms with Crippen LogP contribution in [0.5, 0.6) is 0 Å². The highest BCUT2D eigenvalue weighted by Gasteiger charge is 2.51. The summed E-state index contributed by atoms with van der Waals surface area (Å²) in [5.74, 6) is 2.16. The zero-order valence-electron chi connectivity index (χ0n) is 13.7. The number of thiocarbonyl (C=S) groups is 1. The Morgan fingerprint density at radius 3 is 2.38 bits per heavy atom. The van der Waals surface area contributed by atoms with Gasteiger partial charge < -0.3 is 10.6 Å². The van der Waals surface area contributed by atoms with Gasteiger partial charge in [-0.05, 0) is 92.1 Å². The zero-order chi connectivity index (χ0) is 16.7. The predicted octanol–water partition coefficient (Wildman–Crippen LogP) is 4.25. The molecule has 4 aliphatic rings. The molecule has 4 bridgehead atoms. The summed E-state index contributed by atoms with van der Waals surface area (Å²) in [7, 11) is 0. The first kappa shape index (κ1) is 16.0. The predicted molar refractivity (Wildman–Crippen MR) is 96.0 cm³/mol. The highest BCUT2D eigenvalue weighted by atomic mass is 32.1. The molecule has 2 N–H and O–H groups in total. The number of carbonyl (C=O) groups is 1. The number of halogens is 1. The van der Waals surface area contributed by atoms with Crippen molar-refractivity contribution in [3.63, 3.8) is 0 Å². The van der Waals surface area contributed by atoms with Gasteiger partial charge in [-0.2, -0.15) is 0 Å². The van der Waals surface area contributed by atoms with Crippen LogP contribution in [-0.4, -0.2) is 11.0 Å². The first-order valence-electron chi connectivity index (χ1n) is 8.86. The minimum Gasteiger partial charge on any atom is -0.332 e. The summed E-state index contributed by atoms with van der Waals surface area (Å²) in [4.78, 5) is 12.5. The summed E-state index contributed by atoms with van der Waals surface area (Å²) < 4.78 is 13.2. The van der Waals surface area contributed by atoms with Crippen LogP contribution in [0, 0.1) is 29.0 Å². The smallest absolute Gasteiger partial charge is 0.226 e. The third-order valence-electron chi connectivity index (χ3n) is 6.04. The average molecular weight is 346 g/mol. The van der Waals surface area contributed by atoms with Crippen molar-refractivity contribution in [2.45, 2.75) is 44.9 Å². The van der Waals surface area contributed by atoms with E-state index in [-0.39, 0.29) is 22.3 Å². The molecule has 128 valence electrons. The average Bonchev–Trinajstić information content (AvgIpc) is 2.44. The van der Waals surface area contributed by atoms with Gasteiger partial charge >= 0.3 is 0 Å². The molecule has 0 spiro atoms. The Morgan fingerprint density at radius 2 is 1.79 bits per heavy atom. The molecule has 0 saturated heterocycles. The van der Waals surface area contributed by atoms with E-state index in [0.29, 0.717) is 12.1 Å². The molecule has 24 heavy (non-hydrogen) atoms. The number of anilines is 1. The molecule has 4 aliphatic carbocycles. The molecule has 0 unspecified atom stereocenters. The van der Waals surface area contributed by atoms with E-state index in [1.54, 1.807) is 12.1 Å². The first-order chi connectivity index (χ1) is 11.5. The van der Waals surface area contributed by atoms with Crippen molar-refractivity contribution < 1.29 is 9.18 Å². The number of nitrogens with one attached hydrogen (secondary N) is 2. The largest absolute Gasteiger partial charge is 0.332 e. The summed E-state index contributed by atoms with van der Waals surface area (Å²) in [5, 5.41) is 5.91. The molecular weight excluding hydrogens is 323 g/mol. The van der Waals surface area contributed by atoms with E-state index in [1.807, 2.05) is 0 Å². The first-order valence-corrected chi connectivity index (χ1v) is 9.27. The van der Waals surface area contributed by atoms with E-state index >= 15 is 0 Å². The van der Waals surface area contributed by atoms with Gasteiger partial charge in [-0.3, -0.25) is 4.79 Å². The molecule has 4 saturated carbocycles. The Hall–Kier alpha value is -1.49. The van der Waals surface area contributed by atoms with Gasteiger partial charge in [0.1, 0.15) is 5.82 Å². The van der Waals surface area contributed by atoms with Crippen molar-refractivity contribution >= 4 is 28.9 Å². The fraction of sp³-hybridized carbons (Fsp3) is 0.579. The number of rotatable bonds is 3. The minimum atomic E-state index is -0.331. The van der Waals surface area contributed by atoms with Gasteiger partial charge in [0.2, 0.25) is 5.91 Å². The van der Waals surface area contributed by atoms with Crippen molar-refractivity contribution in [2.75, 3.05) is 5.32 Å². The van der Waals surface area contributed by atoms with Gasteiger partial charge in [-0.1, -0.05) is 6.07 Å². The standard InChI is InChI=1S/C19H23FN2OS/c20-15-2-1-3-16(7-15)21-18(24)22-17(23)11-19-8-12-4-13(9-19)6-14(5-12)10-19/h1-3,7,12-14H,4-6,8-11H2,(H2,21,22,23,24). The molecule has 3 nitrogen and oxygen atoms in total.